The summed E-state index contributed by atoms with van der Waals surface area (Å²) in [4.78, 5) is 11.5. The van der Waals surface area contributed by atoms with Crippen LogP contribution in [-0.4, -0.2) is 25.7 Å². The minimum atomic E-state index is -0.228. The summed E-state index contributed by atoms with van der Waals surface area (Å²) < 4.78 is 10.2. The third-order valence-corrected chi connectivity index (χ3v) is 2.74. The molecule has 1 fully saturated rings. The highest BCUT2D eigenvalue weighted by Crippen LogP contribution is 2.28. The first-order chi connectivity index (χ1) is 7.77. The molecule has 88 valence electrons. The van der Waals surface area contributed by atoms with Crippen LogP contribution in [-0.2, 0) is 4.74 Å². The van der Waals surface area contributed by atoms with Gasteiger partial charge in [0.25, 0.3) is 5.91 Å². The van der Waals surface area contributed by atoms with Crippen molar-refractivity contribution in [3.8, 4) is 0 Å². The van der Waals surface area contributed by atoms with Crippen molar-refractivity contribution in [1.82, 2.24) is 5.32 Å². The fourth-order valence-corrected chi connectivity index (χ4v) is 1.52. The Morgan fingerprint density at radius 1 is 1.62 bits per heavy atom. The van der Waals surface area contributed by atoms with E-state index < -0.39 is 0 Å². The van der Waals surface area contributed by atoms with Crippen molar-refractivity contribution in [2.45, 2.75) is 12.8 Å². The van der Waals surface area contributed by atoms with Crippen molar-refractivity contribution in [2.24, 2.45) is 5.92 Å². The quantitative estimate of drug-likeness (QED) is 0.779. The van der Waals surface area contributed by atoms with E-state index >= 15 is 0 Å². The maximum absolute atomic E-state index is 11.5. The van der Waals surface area contributed by atoms with Gasteiger partial charge in [-0.1, -0.05) is 0 Å². The molecule has 16 heavy (non-hydrogen) atoms. The number of carbonyl (C=O) groups is 1. The van der Waals surface area contributed by atoms with Gasteiger partial charge in [-0.05, 0) is 36.4 Å². The van der Waals surface area contributed by atoms with Crippen LogP contribution in [0, 0.1) is 5.92 Å². The highest BCUT2D eigenvalue weighted by molar-refractivity contribution is 6.32. The molecule has 0 spiro atoms. The lowest BCUT2D eigenvalue weighted by Gasteiger charge is -2.04. The number of hydrogen-bond acceptors (Lipinski definition) is 3. The first-order valence-electron chi connectivity index (χ1n) is 5.36. The molecule has 0 bridgehead atoms. The number of halogens is 1. The van der Waals surface area contributed by atoms with Gasteiger partial charge in [0.1, 0.15) is 0 Å². The molecule has 0 unspecified atom stereocenters. The van der Waals surface area contributed by atoms with Crippen molar-refractivity contribution in [1.29, 1.82) is 0 Å². The molecule has 1 aliphatic rings. The maximum atomic E-state index is 11.5. The summed E-state index contributed by atoms with van der Waals surface area (Å²) in [5.41, 5.74) is 0.365. The summed E-state index contributed by atoms with van der Waals surface area (Å²) >= 11 is 5.67. The smallest absolute Gasteiger partial charge is 0.256 e. The molecule has 1 saturated carbocycles. The molecule has 4 nitrogen and oxygen atoms in total. The van der Waals surface area contributed by atoms with Crippen LogP contribution < -0.4 is 5.32 Å². The Labute approximate surface area is 98.9 Å². The monoisotopic (exact) mass is 243 g/mol. The first kappa shape index (κ1) is 11.5. The zero-order chi connectivity index (χ0) is 11.4. The molecule has 0 aliphatic heterocycles. The van der Waals surface area contributed by atoms with E-state index in [0.717, 1.165) is 12.5 Å². The van der Waals surface area contributed by atoms with E-state index in [1.165, 1.54) is 19.1 Å². The van der Waals surface area contributed by atoms with Crippen molar-refractivity contribution < 1.29 is 13.9 Å². The van der Waals surface area contributed by atoms with Gasteiger partial charge in [-0.25, -0.2) is 0 Å². The minimum Gasteiger partial charge on any atom is -0.452 e. The molecule has 5 heteroatoms. The topological polar surface area (TPSA) is 51.5 Å². The van der Waals surface area contributed by atoms with Crippen LogP contribution in [0.25, 0.3) is 0 Å². The normalized spacial score (nSPS) is 15.1. The second-order valence-electron chi connectivity index (χ2n) is 3.88. The summed E-state index contributed by atoms with van der Waals surface area (Å²) in [6.07, 6.45) is 3.94. The number of nitrogens with one attached hydrogen (secondary N) is 1. The van der Waals surface area contributed by atoms with Gasteiger partial charge in [0.05, 0.1) is 18.4 Å². The highest BCUT2D eigenvalue weighted by atomic mass is 35.5. The van der Waals surface area contributed by atoms with Crippen molar-refractivity contribution >= 4 is 17.5 Å². The summed E-state index contributed by atoms with van der Waals surface area (Å²) in [5, 5.41) is 2.83. The van der Waals surface area contributed by atoms with Crippen LogP contribution >= 0.6 is 11.6 Å². The Morgan fingerprint density at radius 2 is 2.44 bits per heavy atom. The lowest BCUT2D eigenvalue weighted by molar-refractivity contribution is 0.0906. The fourth-order valence-electron chi connectivity index (χ4n) is 1.32. The molecule has 1 aromatic rings. The predicted octanol–water partition coefficient (Wildman–Crippen LogP) is 2.09. The molecule has 0 atom stereocenters. The Morgan fingerprint density at radius 3 is 3.06 bits per heavy atom. The molecule has 0 aromatic carbocycles. The van der Waals surface area contributed by atoms with Gasteiger partial charge >= 0.3 is 0 Å². The highest BCUT2D eigenvalue weighted by Gasteiger charge is 2.21. The van der Waals surface area contributed by atoms with Gasteiger partial charge in [0.2, 0.25) is 5.22 Å². The van der Waals surface area contributed by atoms with Crippen molar-refractivity contribution in [2.75, 3.05) is 19.8 Å². The summed E-state index contributed by atoms with van der Waals surface area (Å²) in [7, 11) is 0. The zero-order valence-corrected chi connectivity index (χ0v) is 9.63. The van der Waals surface area contributed by atoms with Gasteiger partial charge < -0.3 is 14.5 Å². The molecular formula is C11H14ClNO3. The van der Waals surface area contributed by atoms with Gasteiger partial charge in [-0.2, -0.15) is 0 Å². The second-order valence-corrected chi connectivity index (χ2v) is 4.23. The van der Waals surface area contributed by atoms with Gasteiger partial charge in [-0.15, -0.1) is 0 Å². The number of ether oxygens (including phenoxy) is 1. The van der Waals surface area contributed by atoms with E-state index in [1.54, 1.807) is 6.07 Å². The molecule has 1 amide bonds. The number of hydrogen-bond donors (Lipinski definition) is 1. The summed E-state index contributed by atoms with van der Waals surface area (Å²) in [5.74, 6) is 0.521. The van der Waals surface area contributed by atoms with Gasteiger partial charge in [0.15, 0.2) is 0 Å². The van der Waals surface area contributed by atoms with Crippen LogP contribution in [0.2, 0.25) is 5.22 Å². The minimum absolute atomic E-state index is 0.122. The van der Waals surface area contributed by atoms with Crippen LogP contribution in [0.4, 0.5) is 0 Å². The predicted molar refractivity (Wildman–Crippen MR) is 59.6 cm³/mol. The van der Waals surface area contributed by atoms with Crippen LogP contribution in [0.5, 0.6) is 0 Å². The summed E-state index contributed by atoms with van der Waals surface area (Å²) in [6.45, 7) is 1.84. The molecule has 1 heterocycles. The molecule has 0 radical (unpaired) electrons. The SMILES string of the molecule is O=C(NCCOCC1CC1)c1ccoc1Cl. The van der Waals surface area contributed by atoms with Gasteiger partial charge in [-0.3, -0.25) is 4.79 Å². The third kappa shape index (κ3) is 3.25. The van der Waals surface area contributed by atoms with Crippen LogP contribution in [0.1, 0.15) is 23.2 Å². The van der Waals surface area contributed by atoms with Crippen LogP contribution in [0.15, 0.2) is 16.7 Å². The average molecular weight is 244 g/mol. The Bertz CT molecular complexity index is 360. The lowest BCUT2D eigenvalue weighted by Crippen LogP contribution is -2.27. The van der Waals surface area contributed by atoms with Gasteiger partial charge in [0, 0.05) is 13.2 Å². The average Bonchev–Trinajstić information content (AvgIpc) is 2.99. The maximum Gasteiger partial charge on any atom is 0.256 e. The van der Waals surface area contributed by atoms with E-state index in [0.29, 0.717) is 18.7 Å². The summed E-state index contributed by atoms with van der Waals surface area (Å²) in [6, 6.07) is 1.54. The van der Waals surface area contributed by atoms with E-state index in [2.05, 4.69) is 5.32 Å². The van der Waals surface area contributed by atoms with E-state index in [9.17, 15) is 4.79 Å². The van der Waals surface area contributed by atoms with E-state index in [-0.39, 0.29) is 11.1 Å². The first-order valence-corrected chi connectivity index (χ1v) is 5.74. The molecule has 2 rings (SSSR count). The second kappa shape index (κ2) is 5.37. The molecule has 0 saturated heterocycles. The lowest BCUT2D eigenvalue weighted by atomic mass is 10.3. The molecule has 1 aromatic heterocycles. The zero-order valence-electron chi connectivity index (χ0n) is 8.87. The Hall–Kier alpha value is -1.00. The number of amides is 1. The largest absolute Gasteiger partial charge is 0.452 e. The number of furan rings is 1. The van der Waals surface area contributed by atoms with E-state index in [4.69, 9.17) is 20.8 Å². The number of rotatable bonds is 6. The third-order valence-electron chi connectivity index (χ3n) is 2.45. The Kier molecular flexibility index (Phi) is 3.85. The standard InChI is InChI=1S/C11H14ClNO3/c12-10-9(3-5-16-10)11(14)13-4-6-15-7-8-1-2-8/h3,5,8H,1-2,4,6-7H2,(H,13,14). The van der Waals surface area contributed by atoms with E-state index in [1.807, 2.05) is 0 Å². The number of carbonyl (C=O) groups excluding carboxylic acids is 1. The molecule has 1 aliphatic carbocycles. The fraction of sp³-hybridized carbons (Fsp3) is 0.545. The molecular weight excluding hydrogens is 230 g/mol. The van der Waals surface area contributed by atoms with Crippen molar-refractivity contribution in [3.05, 3.63) is 23.1 Å². The Balaban J connectivity index is 1.61. The molecule has 1 N–H and O–H groups in total. The van der Waals surface area contributed by atoms with Crippen molar-refractivity contribution in [3.63, 3.8) is 0 Å². The van der Waals surface area contributed by atoms with Crippen LogP contribution in [0.3, 0.4) is 0 Å².